The molecule has 8 nitrogen and oxygen atoms in total. The Labute approximate surface area is 199 Å². The van der Waals surface area contributed by atoms with E-state index in [1.54, 1.807) is 26.4 Å². The summed E-state index contributed by atoms with van der Waals surface area (Å²) < 4.78 is 10.7. The molecule has 1 amide bonds. The summed E-state index contributed by atoms with van der Waals surface area (Å²) in [6, 6.07) is 13.4. The van der Waals surface area contributed by atoms with E-state index in [0.29, 0.717) is 60.3 Å². The van der Waals surface area contributed by atoms with Gasteiger partial charge >= 0.3 is 0 Å². The third-order valence-corrected chi connectivity index (χ3v) is 5.59. The highest BCUT2D eigenvalue weighted by Crippen LogP contribution is 2.34. The number of fused-ring (bicyclic) bond motifs is 1. The van der Waals surface area contributed by atoms with E-state index in [0.717, 1.165) is 11.1 Å². The fourth-order valence-electron chi connectivity index (χ4n) is 3.83. The van der Waals surface area contributed by atoms with E-state index < -0.39 is 0 Å². The molecule has 0 bridgehead atoms. The van der Waals surface area contributed by atoms with Crippen LogP contribution in [0.4, 0.5) is 11.8 Å². The average Bonchev–Trinajstić information content (AvgIpc) is 2.83. The van der Waals surface area contributed by atoms with Crippen LogP contribution in [0.3, 0.4) is 0 Å². The Morgan fingerprint density at radius 2 is 1.64 bits per heavy atom. The first-order valence-electron chi connectivity index (χ1n) is 10.5. The second kappa shape index (κ2) is 10.4. The van der Waals surface area contributed by atoms with Crippen molar-refractivity contribution in [3.05, 3.63) is 53.6 Å². The molecule has 1 fully saturated rings. The topological polar surface area (TPSA) is 93.8 Å². The summed E-state index contributed by atoms with van der Waals surface area (Å²) in [4.78, 5) is 26.0. The highest BCUT2D eigenvalue weighted by molar-refractivity contribution is 5.97. The number of aromatic nitrogens is 2. The first-order chi connectivity index (χ1) is 15.5. The third-order valence-electron chi connectivity index (χ3n) is 5.59. The van der Waals surface area contributed by atoms with Crippen molar-refractivity contribution in [2.75, 3.05) is 51.0 Å². The van der Waals surface area contributed by atoms with Crippen molar-refractivity contribution in [2.24, 2.45) is 0 Å². The normalized spacial score (nSPS) is 14.1. The number of amides is 1. The van der Waals surface area contributed by atoms with Crippen LogP contribution in [0.15, 0.2) is 48.0 Å². The van der Waals surface area contributed by atoms with Gasteiger partial charge in [-0.25, -0.2) is 4.98 Å². The molecule has 174 valence electrons. The van der Waals surface area contributed by atoms with Crippen LogP contribution in [-0.2, 0) is 4.79 Å². The van der Waals surface area contributed by atoms with Gasteiger partial charge in [0, 0.05) is 43.2 Å². The number of carbonyl (C=O) groups excluding carboxylic acids is 1. The number of nitrogen functional groups attached to an aromatic ring is 1. The third kappa shape index (κ3) is 5.12. The molecule has 33 heavy (non-hydrogen) atoms. The number of rotatable bonds is 5. The minimum Gasteiger partial charge on any atom is -0.493 e. The number of carbonyl (C=O) groups is 1. The minimum atomic E-state index is 0. The predicted octanol–water partition coefficient (Wildman–Crippen LogP) is 3.40. The average molecular weight is 470 g/mol. The van der Waals surface area contributed by atoms with Gasteiger partial charge in [-0.15, -0.1) is 12.4 Å². The molecule has 4 rings (SSSR count). The predicted molar refractivity (Wildman–Crippen MR) is 133 cm³/mol. The second-order valence-electron chi connectivity index (χ2n) is 7.65. The van der Waals surface area contributed by atoms with Crippen molar-refractivity contribution in [1.82, 2.24) is 14.9 Å². The van der Waals surface area contributed by atoms with E-state index in [2.05, 4.69) is 9.97 Å². The number of nitrogens with zero attached hydrogens (tertiary/aromatic N) is 4. The number of benzene rings is 2. The maximum Gasteiger partial charge on any atom is 0.249 e. The van der Waals surface area contributed by atoms with Crippen molar-refractivity contribution in [1.29, 1.82) is 0 Å². The SMILES string of the molecule is COc1cc2nc(N3CCN(C(=O)/C(C)=C/c4ccccc4)CC3)nc(N)c2cc1OC.Cl. The summed E-state index contributed by atoms with van der Waals surface area (Å²) in [6.07, 6.45) is 1.92. The van der Waals surface area contributed by atoms with Gasteiger partial charge in [0.2, 0.25) is 11.9 Å². The fraction of sp³-hybridized carbons (Fsp3) is 0.292. The summed E-state index contributed by atoms with van der Waals surface area (Å²) in [7, 11) is 3.16. The maximum absolute atomic E-state index is 12.9. The molecule has 0 unspecified atom stereocenters. The van der Waals surface area contributed by atoms with Gasteiger partial charge in [0.25, 0.3) is 0 Å². The number of nitrogens with two attached hydrogens (primary N) is 1. The molecule has 0 aliphatic carbocycles. The van der Waals surface area contributed by atoms with E-state index in [4.69, 9.17) is 15.2 Å². The number of ether oxygens (including phenoxy) is 2. The van der Waals surface area contributed by atoms with Crippen LogP contribution in [0.5, 0.6) is 11.5 Å². The molecular weight excluding hydrogens is 442 g/mol. The lowest BCUT2D eigenvalue weighted by Gasteiger charge is -2.35. The Morgan fingerprint density at radius 3 is 2.27 bits per heavy atom. The molecule has 9 heteroatoms. The highest BCUT2D eigenvalue weighted by Gasteiger charge is 2.24. The molecule has 1 aromatic heterocycles. The fourth-order valence-corrected chi connectivity index (χ4v) is 3.83. The molecule has 0 atom stereocenters. The zero-order valence-corrected chi connectivity index (χ0v) is 19.8. The molecule has 2 heterocycles. The van der Waals surface area contributed by atoms with Crippen LogP contribution in [0, 0.1) is 0 Å². The van der Waals surface area contributed by atoms with Crippen LogP contribution < -0.4 is 20.1 Å². The Kier molecular flexibility index (Phi) is 7.60. The molecule has 2 aromatic carbocycles. The summed E-state index contributed by atoms with van der Waals surface area (Å²) in [6.45, 7) is 4.29. The Bertz CT molecular complexity index is 1160. The highest BCUT2D eigenvalue weighted by atomic mass is 35.5. The minimum absolute atomic E-state index is 0. The summed E-state index contributed by atoms with van der Waals surface area (Å²) in [5.74, 6) is 2.13. The largest absolute Gasteiger partial charge is 0.493 e. The molecule has 0 spiro atoms. The van der Waals surface area contributed by atoms with Crippen molar-refractivity contribution >= 4 is 47.1 Å². The molecule has 3 aromatic rings. The van der Waals surface area contributed by atoms with Crippen molar-refractivity contribution < 1.29 is 14.3 Å². The Hall–Kier alpha value is -3.52. The number of hydrogen-bond donors (Lipinski definition) is 1. The molecule has 1 aliphatic rings. The number of piperazine rings is 1. The summed E-state index contributed by atoms with van der Waals surface area (Å²) >= 11 is 0. The molecular formula is C24H28ClN5O3. The van der Waals surface area contributed by atoms with Crippen molar-refractivity contribution in [3.8, 4) is 11.5 Å². The van der Waals surface area contributed by atoms with Gasteiger partial charge in [0.05, 0.1) is 19.7 Å². The molecule has 2 N–H and O–H groups in total. The van der Waals surface area contributed by atoms with E-state index in [1.165, 1.54) is 0 Å². The number of anilines is 2. The van der Waals surface area contributed by atoms with E-state index >= 15 is 0 Å². The molecule has 0 saturated carbocycles. The Balaban J connectivity index is 0.00000306. The Morgan fingerprint density at radius 1 is 1.00 bits per heavy atom. The number of methoxy groups -OCH3 is 2. The van der Waals surface area contributed by atoms with E-state index in [1.807, 2.05) is 53.1 Å². The lowest BCUT2D eigenvalue weighted by atomic mass is 10.1. The lowest BCUT2D eigenvalue weighted by molar-refractivity contribution is -0.127. The summed E-state index contributed by atoms with van der Waals surface area (Å²) in [5.41, 5.74) is 8.64. The molecule has 1 saturated heterocycles. The number of hydrogen-bond acceptors (Lipinski definition) is 7. The maximum atomic E-state index is 12.9. The second-order valence-corrected chi connectivity index (χ2v) is 7.65. The van der Waals surface area contributed by atoms with E-state index in [9.17, 15) is 4.79 Å². The van der Waals surface area contributed by atoms with Gasteiger partial charge in [0.1, 0.15) is 5.82 Å². The zero-order chi connectivity index (χ0) is 22.7. The van der Waals surface area contributed by atoms with Gasteiger partial charge in [-0.05, 0) is 24.6 Å². The van der Waals surface area contributed by atoms with Crippen LogP contribution in [-0.4, -0.2) is 61.2 Å². The molecule has 0 radical (unpaired) electrons. The van der Waals surface area contributed by atoms with Crippen LogP contribution >= 0.6 is 12.4 Å². The van der Waals surface area contributed by atoms with Crippen LogP contribution in [0.25, 0.3) is 17.0 Å². The van der Waals surface area contributed by atoms with Gasteiger partial charge in [-0.1, -0.05) is 30.3 Å². The first-order valence-corrected chi connectivity index (χ1v) is 10.5. The quantitative estimate of drug-likeness (QED) is 0.572. The first kappa shape index (κ1) is 24.1. The molecule has 1 aliphatic heterocycles. The number of halogens is 1. The van der Waals surface area contributed by atoms with Gasteiger partial charge in [-0.2, -0.15) is 4.98 Å². The zero-order valence-electron chi connectivity index (χ0n) is 18.9. The van der Waals surface area contributed by atoms with Gasteiger partial charge in [0.15, 0.2) is 11.5 Å². The van der Waals surface area contributed by atoms with Crippen molar-refractivity contribution in [3.63, 3.8) is 0 Å². The lowest BCUT2D eigenvalue weighted by Crippen LogP contribution is -2.49. The van der Waals surface area contributed by atoms with E-state index in [-0.39, 0.29) is 18.3 Å². The smallest absolute Gasteiger partial charge is 0.249 e. The summed E-state index contributed by atoms with van der Waals surface area (Å²) in [5, 5.41) is 0.710. The van der Waals surface area contributed by atoms with Crippen molar-refractivity contribution in [2.45, 2.75) is 6.92 Å². The van der Waals surface area contributed by atoms with Crippen LogP contribution in [0.1, 0.15) is 12.5 Å². The van der Waals surface area contributed by atoms with Gasteiger partial charge < -0.3 is 25.0 Å². The monoisotopic (exact) mass is 469 g/mol. The standard InChI is InChI=1S/C24H27N5O3.ClH/c1-16(13-17-7-5-4-6-8-17)23(30)28-9-11-29(12-10-28)24-26-19-15-21(32-3)20(31-2)14-18(19)22(25)27-24;/h4-8,13-15H,9-12H2,1-3H3,(H2,25,26,27);1H/b16-13+;. The van der Waals surface area contributed by atoms with Crippen LogP contribution in [0.2, 0.25) is 0 Å². The van der Waals surface area contributed by atoms with Gasteiger partial charge in [-0.3, -0.25) is 4.79 Å².